The Balaban J connectivity index is 2.57. The van der Waals surface area contributed by atoms with E-state index in [9.17, 15) is 0 Å². The van der Waals surface area contributed by atoms with Crippen LogP contribution in [0.1, 0.15) is 32.8 Å². The molecular weight excluding hydrogens is 202 g/mol. The van der Waals surface area contributed by atoms with Crippen LogP contribution < -0.4 is 0 Å². The SMILES string of the molecule is CC1=Nc2c(C)cccc2SC(C)(C)C1. The second-order valence-corrected chi connectivity index (χ2v) is 6.56. The van der Waals surface area contributed by atoms with Gasteiger partial charge in [-0.2, -0.15) is 0 Å². The number of thioether (sulfide) groups is 1. The number of para-hydroxylation sites is 1. The van der Waals surface area contributed by atoms with Gasteiger partial charge in [-0.3, -0.25) is 4.99 Å². The lowest BCUT2D eigenvalue weighted by Gasteiger charge is -2.21. The highest BCUT2D eigenvalue weighted by Crippen LogP contribution is 2.44. The van der Waals surface area contributed by atoms with Crippen LogP contribution in [0.5, 0.6) is 0 Å². The molecule has 0 bridgehead atoms. The molecule has 1 nitrogen and oxygen atoms in total. The largest absolute Gasteiger partial charge is 0.257 e. The molecular formula is C13H17NS. The molecule has 0 fully saturated rings. The number of hydrogen-bond donors (Lipinski definition) is 0. The summed E-state index contributed by atoms with van der Waals surface area (Å²) in [7, 11) is 0. The fourth-order valence-electron chi connectivity index (χ4n) is 2.04. The van der Waals surface area contributed by atoms with Crippen molar-refractivity contribution in [3.8, 4) is 0 Å². The molecule has 0 saturated heterocycles. The molecule has 0 N–H and O–H groups in total. The zero-order valence-electron chi connectivity index (χ0n) is 9.79. The molecule has 1 aromatic carbocycles. The summed E-state index contributed by atoms with van der Waals surface area (Å²) in [4.78, 5) is 6.05. The topological polar surface area (TPSA) is 12.4 Å². The van der Waals surface area contributed by atoms with Gasteiger partial charge in [0.1, 0.15) is 0 Å². The zero-order chi connectivity index (χ0) is 11.1. The Morgan fingerprint density at radius 3 is 2.73 bits per heavy atom. The highest BCUT2D eigenvalue weighted by molar-refractivity contribution is 8.00. The Bertz CT molecular complexity index is 419. The molecule has 0 radical (unpaired) electrons. The molecule has 0 atom stereocenters. The van der Waals surface area contributed by atoms with E-state index < -0.39 is 0 Å². The van der Waals surface area contributed by atoms with E-state index in [1.165, 1.54) is 21.9 Å². The summed E-state index contributed by atoms with van der Waals surface area (Å²) in [5.74, 6) is 0. The van der Waals surface area contributed by atoms with Crippen molar-refractivity contribution in [2.24, 2.45) is 4.99 Å². The standard InChI is InChI=1S/C13H17NS/c1-9-6-5-7-11-12(9)14-10(2)8-13(3,4)15-11/h5-7H,8H2,1-4H3. The average Bonchev–Trinajstić information content (AvgIpc) is 2.20. The molecule has 2 heteroatoms. The Labute approximate surface area is 96.0 Å². The molecule has 0 saturated carbocycles. The normalized spacial score (nSPS) is 19.1. The first-order valence-corrected chi connectivity index (χ1v) is 6.12. The predicted octanol–water partition coefficient (Wildman–Crippen LogP) is 4.36. The zero-order valence-corrected chi connectivity index (χ0v) is 10.6. The third-order valence-corrected chi connectivity index (χ3v) is 3.82. The monoisotopic (exact) mass is 219 g/mol. The fraction of sp³-hybridized carbons (Fsp3) is 0.462. The van der Waals surface area contributed by atoms with Crippen LogP contribution in [0.25, 0.3) is 0 Å². The Hall–Kier alpha value is -0.760. The van der Waals surface area contributed by atoms with Crippen molar-refractivity contribution in [3.05, 3.63) is 23.8 Å². The van der Waals surface area contributed by atoms with E-state index in [1.807, 2.05) is 11.8 Å². The Kier molecular flexibility index (Phi) is 2.63. The first kappa shape index (κ1) is 10.7. The summed E-state index contributed by atoms with van der Waals surface area (Å²) in [5.41, 5.74) is 3.68. The van der Waals surface area contributed by atoms with Crippen LogP contribution in [0.2, 0.25) is 0 Å². The van der Waals surface area contributed by atoms with Crippen molar-refractivity contribution in [1.29, 1.82) is 0 Å². The van der Waals surface area contributed by atoms with Gasteiger partial charge in [0.25, 0.3) is 0 Å². The summed E-state index contributed by atoms with van der Waals surface area (Å²) in [6.45, 7) is 8.83. The van der Waals surface area contributed by atoms with Gasteiger partial charge in [-0.05, 0) is 45.7 Å². The highest BCUT2D eigenvalue weighted by atomic mass is 32.2. The summed E-state index contributed by atoms with van der Waals surface area (Å²) < 4.78 is 0.257. The van der Waals surface area contributed by atoms with Crippen molar-refractivity contribution in [3.63, 3.8) is 0 Å². The van der Waals surface area contributed by atoms with Crippen LogP contribution in [0, 0.1) is 6.92 Å². The number of benzene rings is 1. The number of fused-ring (bicyclic) bond motifs is 1. The van der Waals surface area contributed by atoms with Crippen LogP contribution >= 0.6 is 11.8 Å². The van der Waals surface area contributed by atoms with Crippen LogP contribution in [-0.2, 0) is 0 Å². The van der Waals surface area contributed by atoms with Gasteiger partial charge in [-0.25, -0.2) is 0 Å². The quantitative estimate of drug-likeness (QED) is 0.631. The maximum absolute atomic E-state index is 4.73. The second kappa shape index (κ2) is 3.67. The smallest absolute Gasteiger partial charge is 0.0793 e. The first-order chi connectivity index (χ1) is 6.98. The number of rotatable bonds is 0. The van der Waals surface area contributed by atoms with Crippen molar-refractivity contribution < 1.29 is 0 Å². The van der Waals surface area contributed by atoms with Gasteiger partial charge in [0.15, 0.2) is 0 Å². The lowest BCUT2D eigenvalue weighted by molar-refractivity contribution is 0.748. The average molecular weight is 219 g/mol. The van der Waals surface area contributed by atoms with E-state index in [0.29, 0.717) is 0 Å². The molecule has 1 heterocycles. The van der Waals surface area contributed by atoms with E-state index in [-0.39, 0.29) is 4.75 Å². The molecule has 15 heavy (non-hydrogen) atoms. The molecule has 2 rings (SSSR count). The van der Waals surface area contributed by atoms with E-state index >= 15 is 0 Å². The van der Waals surface area contributed by atoms with Crippen LogP contribution in [-0.4, -0.2) is 10.5 Å². The van der Waals surface area contributed by atoms with Crippen molar-refractivity contribution >= 4 is 23.2 Å². The van der Waals surface area contributed by atoms with E-state index in [4.69, 9.17) is 4.99 Å². The minimum Gasteiger partial charge on any atom is -0.257 e. The molecule has 1 aromatic rings. The molecule has 0 spiro atoms. The van der Waals surface area contributed by atoms with Crippen LogP contribution in [0.4, 0.5) is 5.69 Å². The third-order valence-electron chi connectivity index (χ3n) is 2.57. The van der Waals surface area contributed by atoms with Crippen LogP contribution in [0.3, 0.4) is 0 Å². The molecule has 1 aliphatic heterocycles. The number of aryl methyl sites for hydroxylation is 1. The molecule has 1 aliphatic rings. The van der Waals surface area contributed by atoms with E-state index in [0.717, 1.165) is 6.42 Å². The Morgan fingerprint density at radius 2 is 2.00 bits per heavy atom. The summed E-state index contributed by atoms with van der Waals surface area (Å²) in [6, 6.07) is 6.43. The lowest BCUT2D eigenvalue weighted by Crippen LogP contribution is -2.16. The molecule has 0 aromatic heterocycles. The van der Waals surface area contributed by atoms with Crippen LogP contribution in [0.15, 0.2) is 28.1 Å². The second-order valence-electron chi connectivity index (χ2n) is 4.81. The van der Waals surface area contributed by atoms with Gasteiger partial charge in [-0.1, -0.05) is 12.1 Å². The summed E-state index contributed by atoms with van der Waals surface area (Å²) in [6.07, 6.45) is 1.06. The number of nitrogens with zero attached hydrogens (tertiary/aromatic N) is 1. The lowest BCUT2D eigenvalue weighted by atomic mass is 10.1. The van der Waals surface area contributed by atoms with Gasteiger partial charge < -0.3 is 0 Å². The Morgan fingerprint density at radius 1 is 1.27 bits per heavy atom. The maximum Gasteiger partial charge on any atom is 0.0793 e. The molecule has 0 aliphatic carbocycles. The molecule has 80 valence electrons. The van der Waals surface area contributed by atoms with Crippen molar-refractivity contribution in [2.75, 3.05) is 0 Å². The molecule has 0 amide bonds. The van der Waals surface area contributed by atoms with Gasteiger partial charge in [-0.15, -0.1) is 11.8 Å². The van der Waals surface area contributed by atoms with Gasteiger partial charge in [0.05, 0.1) is 5.69 Å². The van der Waals surface area contributed by atoms with Crippen molar-refractivity contribution in [2.45, 2.75) is 43.8 Å². The van der Waals surface area contributed by atoms with Gasteiger partial charge >= 0.3 is 0 Å². The molecule has 0 unspecified atom stereocenters. The van der Waals surface area contributed by atoms with E-state index in [2.05, 4.69) is 45.9 Å². The predicted molar refractivity (Wildman–Crippen MR) is 68.5 cm³/mol. The number of aliphatic imine (C=N–C) groups is 1. The summed E-state index contributed by atoms with van der Waals surface area (Å²) >= 11 is 1.94. The van der Waals surface area contributed by atoms with Gasteiger partial charge in [0.2, 0.25) is 0 Å². The van der Waals surface area contributed by atoms with Gasteiger partial charge in [0, 0.05) is 15.4 Å². The third kappa shape index (κ3) is 2.25. The highest BCUT2D eigenvalue weighted by Gasteiger charge is 2.25. The number of hydrogen-bond acceptors (Lipinski definition) is 2. The fourth-order valence-corrected chi connectivity index (χ4v) is 3.36. The van der Waals surface area contributed by atoms with E-state index in [1.54, 1.807) is 0 Å². The maximum atomic E-state index is 4.73. The summed E-state index contributed by atoms with van der Waals surface area (Å²) in [5, 5.41) is 0. The minimum atomic E-state index is 0.257. The minimum absolute atomic E-state index is 0.257. The van der Waals surface area contributed by atoms with Crippen molar-refractivity contribution in [1.82, 2.24) is 0 Å². The first-order valence-electron chi connectivity index (χ1n) is 5.31.